The van der Waals surface area contributed by atoms with Gasteiger partial charge in [0.05, 0.1) is 12.1 Å². The molecule has 1 aromatic rings. The Hall–Kier alpha value is -1.69. The van der Waals surface area contributed by atoms with Crippen molar-refractivity contribution in [2.75, 3.05) is 0 Å². The molecule has 1 fully saturated rings. The van der Waals surface area contributed by atoms with E-state index in [0.717, 1.165) is 12.8 Å². The summed E-state index contributed by atoms with van der Waals surface area (Å²) < 4.78 is 6.01. The van der Waals surface area contributed by atoms with E-state index in [1.165, 1.54) is 17.6 Å². The summed E-state index contributed by atoms with van der Waals surface area (Å²) in [5.74, 6) is -1.20. The van der Waals surface area contributed by atoms with Gasteiger partial charge in [-0.25, -0.2) is 0 Å². The van der Waals surface area contributed by atoms with E-state index in [1.807, 2.05) is 0 Å². The van der Waals surface area contributed by atoms with E-state index in [1.54, 1.807) is 0 Å². The zero-order valence-electron chi connectivity index (χ0n) is 10.2. The molecule has 2 atom stereocenters. The van der Waals surface area contributed by atoms with E-state index in [0.29, 0.717) is 12.8 Å². The highest BCUT2D eigenvalue weighted by molar-refractivity contribution is 5.70. The molecule has 18 heavy (non-hydrogen) atoms. The summed E-state index contributed by atoms with van der Waals surface area (Å²) >= 11 is 0. The Morgan fingerprint density at radius 2 is 2.06 bits per heavy atom. The van der Waals surface area contributed by atoms with Crippen molar-refractivity contribution >= 4 is 5.97 Å². The van der Waals surface area contributed by atoms with Crippen LogP contribution in [0.15, 0.2) is 6.07 Å². The molecule has 2 rings (SSSR count). The third-order valence-corrected chi connectivity index (χ3v) is 3.23. The standard InChI is InChI=1S/C12H17NO5/c1-7(14)18-10-6-11(16)13(12(10)17)8-4-2-3-5-9(8)15/h6,8-9,15-17H,2-5H2,1H3/t8-,9+/m0/s1. The Labute approximate surface area is 104 Å². The normalized spacial score (nSPS) is 23.9. The van der Waals surface area contributed by atoms with Crippen LogP contribution in [0.25, 0.3) is 0 Å². The Bertz CT molecular complexity index is 454. The number of aromatic nitrogens is 1. The van der Waals surface area contributed by atoms with Crippen molar-refractivity contribution in [3.8, 4) is 17.5 Å². The molecule has 1 heterocycles. The maximum Gasteiger partial charge on any atom is 0.308 e. The Kier molecular flexibility index (Phi) is 3.47. The molecule has 6 heteroatoms. The van der Waals surface area contributed by atoms with Gasteiger partial charge in [-0.05, 0) is 12.8 Å². The molecule has 0 aromatic carbocycles. The molecule has 0 aliphatic heterocycles. The minimum absolute atomic E-state index is 0.0854. The van der Waals surface area contributed by atoms with Gasteiger partial charge in [-0.3, -0.25) is 9.36 Å². The minimum atomic E-state index is -0.617. The van der Waals surface area contributed by atoms with Crippen molar-refractivity contribution in [1.82, 2.24) is 4.57 Å². The molecular weight excluding hydrogens is 238 g/mol. The number of carbonyl (C=O) groups excluding carboxylic acids is 1. The maximum absolute atomic E-state index is 10.9. The van der Waals surface area contributed by atoms with Crippen molar-refractivity contribution in [2.45, 2.75) is 44.8 Å². The van der Waals surface area contributed by atoms with Crippen LogP contribution < -0.4 is 4.74 Å². The summed E-state index contributed by atoms with van der Waals surface area (Å²) in [7, 11) is 0. The molecule has 1 aliphatic rings. The van der Waals surface area contributed by atoms with Gasteiger partial charge >= 0.3 is 5.97 Å². The summed E-state index contributed by atoms with van der Waals surface area (Å²) in [6.45, 7) is 1.21. The summed E-state index contributed by atoms with van der Waals surface area (Å²) in [4.78, 5) is 10.9. The Morgan fingerprint density at radius 3 is 2.67 bits per heavy atom. The van der Waals surface area contributed by atoms with E-state index in [9.17, 15) is 20.1 Å². The summed E-state index contributed by atoms with van der Waals surface area (Å²) in [6, 6.07) is 0.793. The van der Waals surface area contributed by atoms with Gasteiger partial charge in [0.15, 0.2) is 11.6 Å². The molecule has 0 unspecified atom stereocenters. The fourth-order valence-electron chi connectivity index (χ4n) is 2.43. The average molecular weight is 255 g/mol. The smallest absolute Gasteiger partial charge is 0.308 e. The lowest BCUT2D eigenvalue weighted by atomic mass is 9.92. The summed E-state index contributed by atoms with van der Waals surface area (Å²) in [5, 5.41) is 29.7. The molecule has 0 radical (unpaired) electrons. The monoisotopic (exact) mass is 255 g/mol. The second-order valence-corrected chi connectivity index (χ2v) is 4.57. The number of carbonyl (C=O) groups is 1. The number of aromatic hydroxyl groups is 2. The van der Waals surface area contributed by atoms with Crippen molar-refractivity contribution in [3.05, 3.63) is 6.07 Å². The first-order valence-electron chi connectivity index (χ1n) is 6.00. The third-order valence-electron chi connectivity index (χ3n) is 3.23. The van der Waals surface area contributed by atoms with E-state index < -0.39 is 12.1 Å². The molecule has 0 spiro atoms. The van der Waals surface area contributed by atoms with E-state index in [4.69, 9.17) is 4.74 Å². The molecule has 1 saturated carbocycles. The number of esters is 1. The highest BCUT2D eigenvalue weighted by atomic mass is 16.5. The predicted octanol–water partition coefficient (Wildman–Crippen LogP) is 1.30. The molecule has 0 bridgehead atoms. The highest BCUT2D eigenvalue weighted by Gasteiger charge is 2.30. The second-order valence-electron chi connectivity index (χ2n) is 4.57. The van der Waals surface area contributed by atoms with Crippen LogP contribution in [0.3, 0.4) is 0 Å². The summed E-state index contributed by atoms with van der Waals surface area (Å²) in [6.07, 6.45) is 2.52. The molecule has 0 saturated heterocycles. The highest BCUT2D eigenvalue weighted by Crippen LogP contribution is 2.41. The maximum atomic E-state index is 10.9. The van der Waals surface area contributed by atoms with Crippen molar-refractivity contribution in [1.29, 1.82) is 0 Å². The number of aliphatic hydroxyl groups is 1. The van der Waals surface area contributed by atoms with Crippen molar-refractivity contribution < 1.29 is 24.9 Å². The zero-order valence-corrected chi connectivity index (χ0v) is 10.2. The quantitative estimate of drug-likeness (QED) is 0.693. The van der Waals surface area contributed by atoms with Crippen LogP contribution in [0, 0.1) is 0 Å². The number of ether oxygens (including phenoxy) is 1. The van der Waals surface area contributed by atoms with Gasteiger partial charge in [-0.2, -0.15) is 0 Å². The number of nitrogens with zero attached hydrogens (tertiary/aromatic N) is 1. The first-order chi connectivity index (χ1) is 8.50. The topological polar surface area (TPSA) is 91.9 Å². The van der Waals surface area contributed by atoms with Gasteiger partial charge < -0.3 is 20.1 Å². The molecule has 1 aromatic heterocycles. The van der Waals surface area contributed by atoms with Gasteiger partial charge in [0, 0.05) is 13.0 Å². The van der Waals surface area contributed by atoms with Crippen molar-refractivity contribution in [3.63, 3.8) is 0 Å². The second kappa shape index (κ2) is 4.89. The van der Waals surface area contributed by atoms with Gasteiger partial charge in [-0.15, -0.1) is 0 Å². The molecular formula is C12H17NO5. The Morgan fingerprint density at radius 1 is 1.39 bits per heavy atom. The van der Waals surface area contributed by atoms with Crippen molar-refractivity contribution in [2.24, 2.45) is 0 Å². The van der Waals surface area contributed by atoms with Gasteiger partial charge in [-0.1, -0.05) is 12.8 Å². The number of aliphatic hydroxyl groups excluding tert-OH is 1. The van der Waals surface area contributed by atoms with Gasteiger partial charge in [0.2, 0.25) is 5.88 Å². The predicted molar refractivity (Wildman–Crippen MR) is 62.6 cm³/mol. The number of hydrogen-bond donors (Lipinski definition) is 3. The first kappa shape index (κ1) is 12.8. The van der Waals surface area contributed by atoms with E-state index in [2.05, 4.69) is 0 Å². The molecule has 3 N–H and O–H groups in total. The molecule has 100 valence electrons. The fraction of sp³-hybridized carbons (Fsp3) is 0.583. The number of hydrogen-bond acceptors (Lipinski definition) is 5. The minimum Gasteiger partial charge on any atom is -0.494 e. The van der Waals surface area contributed by atoms with Crippen LogP contribution in [-0.2, 0) is 4.79 Å². The average Bonchev–Trinajstić information content (AvgIpc) is 2.55. The number of rotatable bonds is 2. The fourth-order valence-corrected chi connectivity index (χ4v) is 2.43. The zero-order chi connectivity index (χ0) is 13.3. The van der Waals surface area contributed by atoms with Gasteiger partial charge in [0.25, 0.3) is 0 Å². The Balaban J connectivity index is 2.32. The summed E-state index contributed by atoms with van der Waals surface area (Å²) in [5.41, 5.74) is 0. The molecule has 0 amide bonds. The third kappa shape index (κ3) is 2.28. The lowest BCUT2D eigenvalue weighted by molar-refractivity contribution is -0.132. The lowest BCUT2D eigenvalue weighted by Gasteiger charge is -2.29. The molecule has 1 aliphatic carbocycles. The largest absolute Gasteiger partial charge is 0.494 e. The van der Waals surface area contributed by atoms with Gasteiger partial charge in [0.1, 0.15) is 0 Å². The van der Waals surface area contributed by atoms with Crippen LogP contribution in [0.2, 0.25) is 0 Å². The van der Waals surface area contributed by atoms with E-state index in [-0.39, 0.29) is 23.6 Å². The van der Waals surface area contributed by atoms with Crippen LogP contribution >= 0.6 is 0 Å². The molecule has 6 nitrogen and oxygen atoms in total. The van der Waals surface area contributed by atoms with Crippen LogP contribution in [0.4, 0.5) is 0 Å². The van der Waals surface area contributed by atoms with Crippen LogP contribution in [-0.4, -0.2) is 32.0 Å². The van der Waals surface area contributed by atoms with Crippen LogP contribution in [0.1, 0.15) is 38.6 Å². The van der Waals surface area contributed by atoms with Crippen LogP contribution in [0.5, 0.6) is 17.5 Å². The van der Waals surface area contributed by atoms with E-state index >= 15 is 0 Å². The first-order valence-corrected chi connectivity index (χ1v) is 6.00. The SMILES string of the molecule is CC(=O)Oc1cc(O)n([C@H]2CCCC[C@H]2O)c1O. The lowest BCUT2D eigenvalue weighted by Crippen LogP contribution is -2.27.